The van der Waals surface area contributed by atoms with Crippen molar-refractivity contribution in [3.8, 4) is 44.5 Å². The van der Waals surface area contributed by atoms with E-state index in [4.69, 9.17) is 19.4 Å². The average molecular weight is 649 g/mol. The fourth-order valence-electron chi connectivity index (χ4n) is 6.06. The summed E-state index contributed by atoms with van der Waals surface area (Å²) < 4.78 is 12.5. The largest absolute Gasteiger partial charge is 0.494 e. The van der Waals surface area contributed by atoms with Gasteiger partial charge in [0.25, 0.3) is 0 Å². The Kier molecular flexibility index (Phi) is 13.3. The van der Waals surface area contributed by atoms with E-state index in [1.807, 2.05) is 6.07 Å². The summed E-state index contributed by atoms with van der Waals surface area (Å²) in [6.07, 6.45) is 14.9. The molecule has 0 saturated carbocycles. The van der Waals surface area contributed by atoms with E-state index in [0.29, 0.717) is 0 Å². The molecule has 0 aliphatic carbocycles. The fraction of sp³-hybridized carbons (Fsp3) is 0.429. The van der Waals surface area contributed by atoms with Gasteiger partial charge >= 0.3 is 0 Å². The number of aromatic nitrogens is 2. The summed E-state index contributed by atoms with van der Waals surface area (Å²) in [6.45, 7) is 10.2. The molecule has 0 aliphatic heterocycles. The Morgan fingerprint density at radius 2 is 1.09 bits per heavy atom. The van der Waals surface area contributed by atoms with Crippen molar-refractivity contribution in [2.24, 2.45) is 0 Å². The van der Waals surface area contributed by atoms with Gasteiger partial charge in [-0.1, -0.05) is 114 Å². The van der Waals surface area contributed by atoms with E-state index in [0.717, 1.165) is 82.2 Å². The molecule has 2 heterocycles. The number of benzene rings is 3. The first-order valence-corrected chi connectivity index (χ1v) is 18.7. The van der Waals surface area contributed by atoms with E-state index >= 15 is 0 Å². The van der Waals surface area contributed by atoms with Crippen LogP contribution < -0.4 is 9.47 Å². The molecule has 0 radical (unpaired) electrons. The molecule has 0 amide bonds. The Hall–Kier alpha value is -3.70. The highest BCUT2D eigenvalue weighted by Crippen LogP contribution is 2.39. The van der Waals surface area contributed by atoms with E-state index in [9.17, 15) is 0 Å². The van der Waals surface area contributed by atoms with Crippen LogP contribution in [-0.4, -0.2) is 23.2 Å². The van der Waals surface area contributed by atoms with Crippen LogP contribution in [0.3, 0.4) is 0 Å². The van der Waals surface area contributed by atoms with Crippen molar-refractivity contribution in [3.63, 3.8) is 0 Å². The molecule has 0 atom stereocenters. The van der Waals surface area contributed by atoms with Crippen molar-refractivity contribution in [3.05, 3.63) is 83.2 Å². The smallest absolute Gasteiger partial charge is 0.119 e. The van der Waals surface area contributed by atoms with Gasteiger partial charge in [0.05, 0.1) is 35.6 Å². The van der Waals surface area contributed by atoms with Gasteiger partial charge in [-0.3, -0.25) is 0 Å². The molecule has 0 N–H and O–H groups in total. The number of ether oxygens (including phenoxy) is 2. The standard InChI is InChI=1S/C42H52N2O2S/c1-5-7-9-11-13-15-27-45-35-21-17-19-33(29-35)40-41(34-20-18-22-36(30-34)46-28-16-14-12-10-8-6-2)44-42-37(38-26-24-32(4)47-38)25-23-31(3)39(42)43-40/h17-26,29-30H,5-16,27-28H2,1-4H3. The van der Waals surface area contributed by atoms with E-state index in [1.165, 1.54) is 74.0 Å². The van der Waals surface area contributed by atoms with Gasteiger partial charge in [-0.05, 0) is 68.7 Å². The van der Waals surface area contributed by atoms with Gasteiger partial charge in [0.2, 0.25) is 0 Å². The van der Waals surface area contributed by atoms with E-state index in [2.05, 4.69) is 94.4 Å². The Bertz CT molecular complexity index is 1710. The Balaban J connectivity index is 1.47. The van der Waals surface area contributed by atoms with Crippen LogP contribution in [0.1, 0.15) is 101 Å². The minimum absolute atomic E-state index is 0.727. The van der Waals surface area contributed by atoms with Crippen LogP contribution in [0.2, 0.25) is 0 Å². The lowest BCUT2D eigenvalue weighted by molar-refractivity contribution is 0.304. The maximum absolute atomic E-state index is 6.26. The van der Waals surface area contributed by atoms with Crippen molar-refractivity contribution >= 4 is 22.4 Å². The summed E-state index contributed by atoms with van der Waals surface area (Å²) >= 11 is 1.80. The Morgan fingerprint density at radius 1 is 0.553 bits per heavy atom. The summed E-state index contributed by atoms with van der Waals surface area (Å²) in [5.74, 6) is 1.75. The van der Waals surface area contributed by atoms with E-state index < -0.39 is 0 Å². The second-order valence-electron chi connectivity index (χ2n) is 12.7. The highest BCUT2D eigenvalue weighted by molar-refractivity contribution is 7.15. The average Bonchev–Trinajstić information content (AvgIpc) is 3.53. The summed E-state index contributed by atoms with van der Waals surface area (Å²) in [7, 11) is 0. The Morgan fingerprint density at radius 3 is 1.62 bits per heavy atom. The van der Waals surface area contributed by atoms with Gasteiger partial charge in [0, 0.05) is 26.4 Å². The SMILES string of the molecule is CCCCCCCCOc1cccc(-c2nc3c(C)ccc(-c4ccc(C)s4)c3nc2-c2cccc(OCCCCCCCC)c2)c1. The normalized spacial score (nSPS) is 11.3. The molecule has 0 spiro atoms. The van der Waals surface area contributed by atoms with Crippen LogP contribution >= 0.6 is 11.3 Å². The van der Waals surface area contributed by atoms with Crippen molar-refractivity contribution in [1.82, 2.24) is 9.97 Å². The molecule has 0 fully saturated rings. The molecule has 4 nitrogen and oxygen atoms in total. The quantitative estimate of drug-likeness (QED) is 0.0836. The third kappa shape index (κ3) is 9.67. The van der Waals surface area contributed by atoms with Crippen molar-refractivity contribution in [1.29, 1.82) is 0 Å². The minimum Gasteiger partial charge on any atom is -0.494 e. The minimum atomic E-state index is 0.727. The summed E-state index contributed by atoms with van der Waals surface area (Å²) in [6, 6.07) is 25.5. The lowest BCUT2D eigenvalue weighted by Gasteiger charge is -2.15. The fourth-order valence-corrected chi connectivity index (χ4v) is 6.95. The van der Waals surface area contributed by atoms with Crippen LogP contribution in [-0.2, 0) is 0 Å². The first-order chi connectivity index (χ1) is 23.1. The maximum Gasteiger partial charge on any atom is 0.119 e. The second-order valence-corrected chi connectivity index (χ2v) is 14.0. The van der Waals surface area contributed by atoms with Gasteiger partial charge in [0.15, 0.2) is 0 Å². The first-order valence-electron chi connectivity index (χ1n) is 17.9. The van der Waals surface area contributed by atoms with Gasteiger partial charge in [-0.25, -0.2) is 9.97 Å². The molecule has 2 aromatic heterocycles. The second kappa shape index (κ2) is 18.0. The zero-order valence-corrected chi connectivity index (χ0v) is 29.8. The molecule has 0 unspecified atom stereocenters. The van der Waals surface area contributed by atoms with Gasteiger partial charge in [0.1, 0.15) is 11.5 Å². The van der Waals surface area contributed by atoms with Crippen molar-refractivity contribution in [2.75, 3.05) is 13.2 Å². The molecular weight excluding hydrogens is 597 g/mol. The summed E-state index contributed by atoms with van der Waals surface area (Å²) in [5.41, 5.74) is 7.82. The summed E-state index contributed by atoms with van der Waals surface area (Å²) in [4.78, 5) is 13.3. The van der Waals surface area contributed by atoms with Crippen LogP contribution in [0, 0.1) is 13.8 Å². The number of unbranched alkanes of at least 4 members (excludes halogenated alkanes) is 10. The third-order valence-corrected chi connectivity index (χ3v) is 9.81. The molecule has 5 aromatic rings. The molecule has 3 aromatic carbocycles. The number of hydrogen-bond acceptors (Lipinski definition) is 5. The molecule has 47 heavy (non-hydrogen) atoms. The molecule has 5 heteroatoms. The van der Waals surface area contributed by atoms with E-state index in [1.54, 1.807) is 11.3 Å². The maximum atomic E-state index is 6.26. The predicted octanol–water partition coefficient (Wildman–Crippen LogP) is 12.8. The van der Waals surface area contributed by atoms with Crippen molar-refractivity contribution < 1.29 is 9.47 Å². The monoisotopic (exact) mass is 648 g/mol. The molecule has 0 bridgehead atoms. The number of aryl methyl sites for hydroxylation is 2. The van der Waals surface area contributed by atoms with Crippen LogP contribution in [0.25, 0.3) is 44.0 Å². The topological polar surface area (TPSA) is 44.2 Å². The van der Waals surface area contributed by atoms with Gasteiger partial charge in [-0.2, -0.15) is 0 Å². The van der Waals surface area contributed by atoms with Gasteiger partial charge < -0.3 is 9.47 Å². The third-order valence-electron chi connectivity index (χ3n) is 8.78. The molecule has 5 rings (SSSR count). The Labute approximate surface area is 286 Å². The molecule has 0 aliphatic rings. The molecule has 0 saturated heterocycles. The van der Waals surface area contributed by atoms with Crippen LogP contribution in [0.15, 0.2) is 72.8 Å². The van der Waals surface area contributed by atoms with E-state index in [-0.39, 0.29) is 0 Å². The number of hydrogen-bond donors (Lipinski definition) is 0. The molecule has 248 valence electrons. The summed E-state index contributed by atoms with van der Waals surface area (Å²) in [5, 5.41) is 0. The van der Waals surface area contributed by atoms with Crippen molar-refractivity contribution in [2.45, 2.75) is 105 Å². The van der Waals surface area contributed by atoms with Crippen LogP contribution in [0.5, 0.6) is 11.5 Å². The number of rotatable bonds is 19. The number of fused-ring (bicyclic) bond motifs is 1. The number of nitrogens with zero attached hydrogens (tertiary/aromatic N) is 2. The lowest BCUT2D eigenvalue weighted by atomic mass is 10.0. The highest BCUT2D eigenvalue weighted by atomic mass is 32.1. The van der Waals surface area contributed by atoms with Gasteiger partial charge in [-0.15, -0.1) is 11.3 Å². The van der Waals surface area contributed by atoms with Crippen LogP contribution in [0.4, 0.5) is 0 Å². The zero-order valence-electron chi connectivity index (χ0n) is 28.9. The number of thiophene rings is 1. The lowest BCUT2D eigenvalue weighted by Crippen LogP contribution is -2.01. The highest BCUT2D eigenvalue weighted by Gasteiger charge is 2.19. The first kappa shape index (κ1) is 34.6. The predicted molar refractivity (Wildman–Crippen MR) is 201 cm³/mol. The zero-order chi connectivity index (χ0) is 32.8. The molecular formula is C42H52N2O2S.